The Morgan fingerprint density at radius 3 is 2.52 bits per heavy atom. The maximum atomic E-state index is 12.2. The minimum Gasteiger partial charge on any atom is -0.326 e. The third-order valence-electron chi connectivity index (χ3n) is 2.46. The van der Waals surface area contributed by atoms with Crippen molar-refractivity contribution in [2.75, 3.05) is 10.0 Å². The maximum Gasteiger partial charge on any atom is 0.306 e. The monoisotopic (exact) mass is 327 g/mol. The molecule has 0 aliphatic carbocycles. The van der Waals surface area contributed by atoms with Gasteiger partial charge in [-0.05, 0) is 25.1 Å². The van der Waals surface area contributed by atoms with Crippen molar-refractivity contribution in [3.05, 3.63) is 39.6 Å². The Bertz CT molecular complexity index is 836. The van der Waals surface area contributed by atoms with Crippen molar-refractivity contribution in [1.29, 1.82) is 0 Å². The summed E-state index contributed by atoms with van der Waals surface area (Å²) >= 11 is 0.624. The molecule has 0 radical (unpaired) electrons. The number of nitrogens with one attached hydrogen (secondary N) is 3. The van der Waals surface area contributed by atoms with Crippen molar-refractivity contribution in [2.24, 2.45) is 0 Å². The van der Waals surface area contributed by atoms with E-state index in [4.69, 9.17) is 0 Å². The fourth-order valence-corrected chi connectivity index (χ4v) is 4.06. The number of hydrogen-bond donors (Lipinski definition) is 3. The van der Waals surface area contributed by atoms with Crippen molar-refractivity contribution in [2.45, 2.75) is 18.1 Å². The van der Waals surface area contributed by atoms with Gasteiger partial charge in [0.1, 0.15) is 0 Å². The largest absolute Gasteiger partial charge is 0.326 e. The normalized spacial score (nSPS) is 11.1. The summed E-state index contributed by atoms with van der Waals surface area (Å²) in [6.45, 7) is 2.87. The molecular weight excluding hydrogens is 314 g/mol. The predicted octanol–water partition coefficient (Wildman–Crippen LogP) is 1.50. The van der Waals surface area contributed by atoms with Crippen molar-refractivity contribution < 1.29 is 13.2 Å². The summed E-state index contributed by atoms with van der Waals surface area (Å²) in [5.74, 6) is -0.255. The van der Waals surface area contributed by atoms with Crippen LogP contribution in [0.25, 0.3) is 0 Å². The number of sulfonamides is 1. The number of H-pyrrole nitrogens is 1. The van der Waals surface area contributed by atoms with Crippen LogP contribution in [0, 0.1) is 6.92 Å². The average molecular weight is 327 g/mol. The molecule has 21 heavy (non-hydrogen) atoms. The summed E-state index contributed by atoms with van der Waals surface area (Å²) in [4.78, 5) is 24.2. The summed E-state index contributed by atoms with van der Waals surface area (Å²) in [5, 5.41) is 2.56. The zero-order valence-electron chi connectivity index (χ0n) is 11.3. The molecule has 1 amide bonds. The molecule has 1 aromatic heterocycles. The van der Waals surface area contributed by atoms with Gasteiger partial charge in [-0.25, -0.2) is 8.42 Å². The standard InChI is InChI=1S/C12H13N3O4S2/c1-7-11(20-12(17)13-7)21(18,19)15-10-5-3-4-9(6-10)14-8(2)16/h3-6,15H,1-2H3,(H,13,17)(H,14,16). The van der Waals surface area contributed by atoms with Gasteiger partial charge in [-0.1, -0.05) is 17.4 Å². The van der Waals surface area contributed by atoms with E-state index >= 15 is 0 Å². The van der Waals surface area contributed by atoms with E-state index in [1.807, 2.05) is 0 Å². The molecule has 0 saturated heterocycles. The first-order valence-electron chi connectivity index (χ1n) is 5.88. The molecule has 3 N–H and O–H groups in total. The number of benzene rings is 1. The molecule has 112 valence electrons. The number of rotatable bonds is 4. The van der Waals surface area contributed by atoms with E-state index in [2.05, 4.69) is 15.0 Å². The molecule has 1 aromatic carbocycles. The zero-order valence-corrected chi connectivity index (χ0v) is 12.9. The van der Waals surface area contributed by atoms with E-state index in [0.717, 1.165) is 0 Å². The molecule has 0 atom stereocenters. The highest BCUT2D eigenvalue weighted by atomic mass is 32.2. The summed E-state index contributed by atoms with van der Waals surface area (Å²) in [6.07, 6.45) is 0. The Morgan fingerprint density at radius 1 is 1.29 bits per heavy atom. The second kappa shape index (κ2) is 5.70. The van der Waals surface area contributed by atoms with Crippen LogP contribution in [0.4, 0.5) is 11.4 Å². The van der Waals surface area contributed by atoms with Crippen LogP contribution in [0.15, 0.2) is 33.3 Å². The first kappa shape index (κ1) is 15.3. The predicted molar refractivity (Wildman–Crippen MR) is 81.2 cm³/mol. The van der Waals surface area contributed by atoms with Crippen LogP contribution in [0.3, 0.4) is 0 Å². The lowest BCUT2D eigenvalue weighted by Gasteiger charge is -2.08. The van der Waals surface area contributed by atoms with Crippen molar-refractivity contribution in [1.82, 2.24) is 4.98 Å². The Kier molecular flexibility index (Phi) is 4.14. The van der Waals surface area contributed by atoms with Crippen LogP contribution >= 0.6 is 11.3 Å². The van der Waals surface area contributed by atoms with E-state index < -0.39 is 14.9 Å². The van der Waals surface area contributed by atoms with Crippen molar-refractivity contribution in [3.8, 4) is 0 Å². The molecular formula is C12H13N3O4S2. The minimum absolute atomic E-state index is 0.0579. The molecule has 0 bridgehead atoms. The number of aromatic amines is 1. The molecule has 0 spiro atoms. The fraction of sp³-hybridized carbons (Fsp3) is 0.167. The molecule has 1 heterocycles. The first-order valence-corrected chi connectivity index (χ1v) is 8.18. The van der Waals surface area contributed by atoms with Crippen LogP contribution in [-0.4, -0.2) is 19.3 Å². The van der Waals surface area contributed by atoms with Gasteiger partial charge < -0.3 is 10.3 Å². The molecule has 0 aliphatic heterocycles. The van der Waals surface area contributed by atoms with Crippen molar-refractivity contribution in [3.63, 3.8) is 0 Å². The molecule has 0 aliphatic rings. The highest BCUT2D eigenvalue weighted by Crippen LogP contribution is 2.22. The number of carbonyl (C=O) groups excluding carboxylic acids is 1. The van der Waals surface area contributed by atoms with Crippen LogP contribution in [0.5, 0.6) is 0 Å². The third-order valence-corrected chi connectivity index (χ3v) is 5.45. The summed E-state index contributed by atoms with van der Waals surface area (Å²) in [5.41, 5.74) is 1.05. The lowest BCUT2D eigenvalue weighted by molar-refractivity contribution is -0.114. The van der Waals surface area contributed by atoms with Crippen molar-refractivity contribution >= 4 is 38.6 Å². The molecule has 0 saturated carbocycles. The smallest absolute Gasteiger partial charge is 0.306 e. The summed E-state index contributed by atoms with van der Waals surface area (Å²) in [7, 11) is -3.84. The number of amides is 1. The summed E-state index contributed by atoms with van der Waals surface area (Å²) in [6, 6.07) is 6.28. The number of aromatic nitrogens is 1. The average Bonchev–Trinajstić information content (AvgIpc) is 2.68. The zero-order chi connectivity index (χ0) is 15.6. The lowest BCUT2D eigenvalue weighted by Crippen LogP contribution is -2.13. The second-order valence-electron chi connectivity index (χ2n) is 4.29. The van der Waals surface area contributed by atoms with Crippen LogP contribution < -0.4 is 14.9 Å². The molecule has 0 fully saturated rings. The van der Waals surface area contributed by atoms with Gasteiger partial charge in [0.05, 0.1) is 5.69 Å². The molecule has 0 unspecified atom stereocenters. The van der Waals surface area contributed by atoms with Gasteiger partial charge in [0, 0.05) is 18.3 Å². The highest BCUT2D eigenvalue weighted by molar-refractivity contribution is 7.94. The number of thiazole rings is 1. The van der Waals surface area contributed by atoms with E-state index in [9.17, 15) is 18.0 Å². The van der Waals surface area contributed by atoms with E-state index in [-0.39, 0.29) is 15.8 Å². The van der Waals surface area contributed by atoms with Gasteiger partial charge in [-0.2, -0.15) is 0 Å². The Hall–Kier alpha value is -2.13. The van der Waals surface area contributed by atoms with Crippen LogP contribution in [0.1, 0.15) is 12.6 Å². The number of hydrogen-bond acceptors (Lipinski definition) is 5. The fourth-order valence-electron chi connectivity index (χ4n) is 1.71. The Morgan fingerprint density at radius 2 is 1.95 bits per heavy atom. The first-order chi connectivity index (χ1) is 9.78. The van der Waals surface area contributed by atoms with E-state index in [0.29, 0.717) is 22.7 Å². The number of anilines is 2. The van der Waals surface area contributed by atoms with Gasteiger partial charge in [-0.15, -0.1) is 0 Å². The maximum absolute atomic E-state index is 12.2. The van der Waals surface area contributed by atoms with Crippen LogP contribution in [-0.2, 0) is 14.8 Å². The quantitative estimate of drug-likeness (QED) is 0.791. The lowest BCUT2D eigenvalue weighted by atomic mass is 10.3. The Balaban J connectivity index is 2.31. The van der Waals surface area contributed by atoms with Gasteiger partial charge in [0.25, 0.3) is 10.0 Å². The highest BCUT2D eigenvalue weighted by Gasteiger charge is 2.20. The van der Waals surface area contributed by atoms with E-state index in [1.54, 1.807) is 18.2 Å². The molecule has 9 heteroatoms. The second-order valence-corrected chi connectivity index (χ2v) is 7.16. The number of aryl methyl sites for hydroxylation is 1. The van der Waals surface area contributed by atoms with Gasteiger partial charge in [-0.3, -0.25) is 14.3 Å². The third kappa shape index (κ3) is 3.70. The SMILES string of the molecule is CC(=O)Nc1cccc(NS(=O)(=O)c2sc(=O)[nH]c2C)c1. The van der Waals surface area contributed by atoms with Crippen LogP contribution in [0.2, 0.25) is 0 Å². The minimum atomic E-state index is -3.84. The molecule has 2 aromatic rings. The Labute approximate surface area is 125 Å². The molecule has 7 nitrogen and oxygen atoms in total. The topological polar surface area (TPSA) is 108 Å². The van der Waals surface area contributed by atoms with E-state index in [1.165, 1.54) is 19.9 Å². The molecule has 2 rings (SSSR count). The number of carbonyl (C=O) groups is 1. The summed E-state index contributed by atoms with van der Waals surface area (Å²) < 4.78 is 26.8. The van der Waals surface area contributed by atoms with Gasteiger partial charge in [0.2, 0.25) is 5.91 Å². The van der Waals surface area contributed by atoms with Gasteiger partial charge in [0.15, 0.2) is 4.21 Å². The van der Waals surface area contributed by atoms with Gasteiger partial charge >= 0.3 is 4.87 Å².